The molecule has 1 fully saturated rings. The van der Waals surface area contributed by atoms with E-state index in [9.17, 15) is 18.8 Å². The first-order valence-electron chi connectivity index (χ1n) is 13.3. The fourth-order valence-corrected chi connectivity index (χ4v) is 5.17. The third-order valence-electron chi connectivity index (χ3n) is 7.17. The van der Waals surface area contributed by atoms with Crippen molar-refractivity contribution in [3.05, 3.63) is 89.7 Å². The number of aromatic nitrogens is 3. The Morgan fingerprint density at radius 3 is 2.50 bits per heavy atom. The molecule has 10 heteroatoms. The van der Waals surface area contributed by atoms with Gasteiger partial charge >= 0.3 is 5.97 Å². The number of carbonyl (C=O) groups is 3. The number of methoxy groups -OCH3 is 1. The summed E-state index contributed by atoms with van der Waals surface area (Å²) in [5, 5.41) is 11.4. The number of anilines is 1. The van der Waals surface area contributed by atoms with Crippen molar-refractivity contribution >= 4 is 34.5 Å². The van der Waals surface area contributed by atoms with E-state index in [2.05, 4.69) is 15.6 Å². The Balaban J connectivity index is 1.57. The summed E-state index contributed by atoms with van der Waals surface area (Å²) in [6, 6.07) is 18.0. The van der Waals surface area contributed by atoms with E-state index in [0.29, 0.717) is 22.2 Å². The van der Waals surface area contributed by atoms with Gasteiger partial charge in [0.2, 0.25) is 11.8 Å². The molecular weight excluding hydrogens is 513 g/mol. The zero-order valence-corrected chi connectivity index (χ0v) is 22.1. The lowest BCUT2D eigenvalue weighted by atomic mass is 9.94. The van der Waals surface area contributed by atoms with E-state index in [1.165, 1.54) is 34.9 Å². The van der Waals surface area contributed by atoms with Gasteiger partial charge in [0.1, 0.15) is 23.9 Å². The Kier molecular flexibility index (Phi) is 8.14. The highest BCUT2D eigenvalue weighted by Gasteiger charge is 2.35. The van der Waals surface area contributed by atoms with Crippen LogP contribution in [0.5, 0.6) is 0 Å². The highest BCUT2D eigenvalue weighted by atomic mass is 19.1. The summed E-state index contributed by atoms with van der Waals surface area (Å²) in [6.45, 7) is -0.232. The van der Waals surface area contributed by atoms with Gasteiger partial charge in [0.25, 0.3) is 0 Å². The molecule has 1 N–H and O–H groups in total. The van der Waals surface area contributed by atoms with E-state index in [1.54, 1.807) is 42.5 Å². The summed E-state index contributed by atoms with van der Waals surface area (Å²) in [7, 11) is 1.29. The summed E-state index contributed by atoms with van der Waals surface area (Å²) < 4.78 is 20.7. The Hall–Kier alpha value is -4.60. The van der Waals surface area contributed by atoms with Crippen molar-refractivity contribution in [2.75, 3.05) is 12.0 Å². The molecule has 0 radical (unpaired) electrons. The van der Waals surface area contributed by atoms with Crippen molar-refractivity contribution in [2.45, 2.75) is 50.7 Å². The van der Waals surface area contributed by atoms with E-state index in [0.717, 1.165) is 32.1 Å². The van der Waals surface area contributed by atoms with Crippen LogP contribution in [-0.4, -0.2) is 45.9 Å². The van der Waals surface area contributed by atoms with Crippen LogP contribution in [0.15, 0.2) is 72.8 Å². The first-order valence-corrected chi connectivity index (χ1v) is 13.3. The monoisotopic (exact) mass is 543 g/mol. The van der Waals surface area contributed by atoms with Gasteiger partial charge < -0.3 is 10.1 Å². The zero-order chi connectivity index (χ0) is 28.1. The van der Waals surface area contributed by atoms with Crippen LogP contribution in [0.3, 0.4) is 0 Å². The number of hydrogen-bond acceptors (Lipinski definition) is 6. The third-order valence-corrected chi connectivity index (χ3v) is 7.17. The Bertz CT molecular complexity index is 1510. The van der Waals surface area contributed by atoms with Gasteiger partial charge in [-0.3, -0.25) is 14.5 Å². The van der Waals surface area contributed by atoms with Gasteiger partial charge in [0.15, 0.2) is 0 Å². The van der Waals surface area contributed by atoms with Crippen molar-refractivity contribution in [1.82, 2.24) is 20.3 Å². The second kappa shape index (κ2) is 12.1. The molecule has 1 atom stereocenters. The van der Waals surface area contributed by atoms with Crippen LogP contribution in [0.4, 0.5) is 10.1 Å². The van der Waals surface area contributed by atoms with Crippen molar-refractivity contribution in [3.63, 3.8) is 0 Å². The fraction of sp³-hybridized carbons (Fsp3) is 0.300. The predicted molar refractivity (Wildman–Crippen MR) is 147 cm³/mol. The number of esters is 1. The third kappa shape index (κ3) is 5.85. The number of amides is 2. The molecule has 0 saturated heterocycles. The van der Waals surface area contributed by atoms with Crippen LogP contribution in [0, 0.1) is 5.82 Å². The van der Waals surface area contributed by atoms with Crippen molar-refractivity contribution < 1.29 is 23.5 Å². The quantitative estimate of drug-likeness (QED) is 0.326. The normalized spacial score (nSPS) is 14.4. The zero-order valence-electron chi connectivity index (χ0n) is 22.1. The second-order valence-corrected chi connectivity index (χ2v) is 9.84. The van der Waals surface area contributed by atoms with Gasteiger partial charge in [-0.1, -0.05) is 54.8 Å². The Morgan fingerprint density at radius 1 is 1.02 bits per heavy atom. The van der Waals surface area contributed by atoms with E-state index in [1.807, 2.05) is 12.1 Å². The number of benzene rings is 3. The fourth-order valence-electron chi connectivity index (χ4n) is 5.17. The molecule has 1 aliphatic carbocycles. The number of hydrogen-bond donors (Lipinski definition) is 1. The van der Waals surface area contributed by atoms with Crippen molar-refractivity contribution in [1.29, 1.82) is 0 Å². The standard InChI is InChI=1S/C30H30FN5O4/c1-40-30(39)21-16-14-20(15-17-21)28(29(38)32-23-9-3-2-4-10-23)36(24-11-7-8-22(31)18-24)27(37)19-35-26-13-6-5-12-25(26)33-34-35/h5-8,11-18,23,28H,2-4,9-10,19H2,1H3,(H,32,38). The van der Waals surface area contributed by atoms with Crippen LogP contribution in [-0.2, 0) is 20.9 Å². The summed E-state index contributed by atoms with van der Waals surface area (Å²) in [6.07, 6.45) is 4.83. The number of nitrogens with one attached hydrogen (secondary N) is 1. The molecule has 3 aromatic carbocycles. The first-order chi connectivity index (χ1) is 19.4. The molecule has 1 aromatic heterocycles. The molecule has 0 spiro atoms. The van der Waals surface area contributed by atoms with Gasteiger partial charge in [-0.25, -0.2) is 13.9 Å². The molecule has 1 heterocycles. The summed E-state index contributed by atoms with van der Waals surface area (Å²) >= 11 is 0. The summed E-state index contributed by atoms with van der Waals surface area (Å²) in [4.78, 5) is 41.4. The minimum atomic E-state index is -1.14. The van der Waals surface area contributed by atoms with Crippen molar-refractivity contribution in [3.8, 4) is 0 Å². The van der Waals surface area contributed by atoms with Gasteiger partial charge in [-0.2, -0.15) is 0 Å². The SMILES string of the molecule is COC(=O)c1ccc(C(C(=O)NC2CCCCC2)N(C(=O)Cn2nnc3ccccc32)c2cccc(F)c2)cc1. The maximum absolute atomic E-state index is 14.5. The molecule has 1 aliphatic rings. The van der Waals surface area contributed by atoms with Gasteiger partial charge in [0.05, 0.1) is 18.2 Å². The summed E-state index contributed by atoms with van der Waals surface area (Å²) in [5.74, 6) is -1.94. The highest BCUT2D eigenvalue weighted by Crippen LogP contribution is 2.30. The molecule has 206 valence electrons. The van der Waals surface area contributed by atoms with E-state index in [-0.39, 0.29) is 18.3 Å². The molecule has 1 saturated carbocycles. The molecule has 9 nitrogen and oxygen atoms in total. The molecule has 4 aromatic rings. The summed E-state index contributed by atoms with van der Waals surface area (Å²) in [5.41, 5.74) is 2.26. The first kappa shape index (κ1) is 27.0. The number of nitrogens with zero attached hydrogens (tertiary/aromatic N) is 4. The average Bonchev–Trinajstić information content (AvgIpc) is 3.38. The molecule has 40 heavy (non-hydrogen) atoms. The maximum atomic E-state index is 14.5. The molecule has 0 bridgehead atoms. The van der Waals surface area contributed by atoms with Crippen LogP contribution in [0.25, 0.3) is 11.0 Å². The number of para-hydroxylation sites is 1. The Morgan fingerprint density at radius 2 is 1.77 bits per heavy atom. The van der Waals surface area contributed by atoms with Gasteiger partial charge in [-0.15, -0.1) is 5.10 Å². The predicted octanol–water partition coefficient (Wildman–Crippen LogP) is 4.58. The van der Waals surface area contributed by atoms with Crippen LogP contribution in [0.2, 0.25) is 0 Å². The van der Waals surface area contributed by atoms with Crippen LogP contribution in [0.1, 0.15) is 54.1 Å². The topological polar surface area (TPSA) is 106 Å². The number of halogens is 1. The lowest BCUT2D eigenvalue weighted by Gasteiger charge is -2.33. The van der Waals surface area contributed by atoms with Crippen LogP contribution >= 0.6 is 0 Å². The lowest BCUT2D eigenvalue weighted by molar-refractivity contribution is -0.127. The largest absolute Gasteiger partial charge is 0.465 e. The Labute approximate surface area is 230 Å². The molecule has 0 aliphatic heterocycles. The lowest BCUT2D eigenvalue weighted by Crippen LogP contribution is -2.48. The highest BCUT2D eigenvalue weighted by molar-refractivity contribution is 6.01. The number of carbonyl (C=O) groups excluding carboxylic acids is 3. The van der Waals surface area contributed by atoms with E-state index < -0.39 is 29.6 Å². The van der Waals surface area contributed by atoms with E-state index in [4.69, 9.17) is 4.74 Å². The average molecular weight is 544 g/mol. The maximum Gasteiger partial charge on any atom is 0.337 e. The minimum absolute atomic E-state index is 0.0261. The number of fused-ring (bicyclic) bond motifs is 1. The molecule has 1 unspecified atom stereocenters. The minimum Gasteiger partial charge on any atom is -0.465 e. The molecular formula is C30H30FN5O4. The van der Waals surface area contributed by atoms with Crippen molar-refractivity contribution in [2.24, 2.45) is 0 Å². The number of ether oxygens (including phenoxy) is 1. The van der Waals surface area contributed by atoms with Gasteiger partial charge in [0, 0.05) is 11.7 Å². The smallest absolute Gasteiger partial charge is 0.337 e. The number of rotatable bonds is 8. The second-order valence-electron chi connectivity index (χ2n) is 9.84. The van der Waals surface area contributed by atoms with Gasteiger partial charge in [-0.05, 0) is 60.9 Å². The molecule has 2 amide bonds. The van der Waals surface area contributed by atoms with Crippen LogP contribution < -0.4 is 10.2 Å². The molecule has 5 rings (SSSR count). The van der Waals surface area contributed by atoms with E-state index >= 15 is 0 Å².